The monoisotopic (exact) mass is 886 g/mol. The fourth-order valence-electron chi connectivity index (χ4n) is 7.81. The summed E-state index contributed by atoms with van der Waals surface area (Å²) in [5.74, 6) is 5.22. The van der Waals surface area contributed by atoms with E-state index in [1.54, 1.807) is 0 Å². The second-order valence-electron chi connectivity index (χ2n) is 16.2. The highest BCUT2D eigenvalue weighted by atomic mass is 31.2. The molecule has 3 N–H and O–H groups in total. The van der Waals surface area contributed by atoms with Gasteiger partial charge in [0.1, 0.15) is 25.0 Å². The Morgan fingerprint density at radius 1 is 0.952 bits per heavy atom. The molecule has 1 saturated heterocycles. The quantitative estimate of drug-likeness (QED) is 0.0311. The second-order valence-corrected chi connectivity index (χ2v) is 17.8. The molecule has 4 atom stereocenters. The number of aromatic amines is 1. The fraction of sp³-hybridized carbons (Fsp3) is 0.532. The van der Waals surface area contributed by atoms with Crippen molar-refractivity contribution in [3.63, 3.8) is 0 Å². The lowest BCUT2D eigenvalue weighted by Gasteiger charge is -2.33. The summed E-state index contributed by atoms with van der Waals surface area (Å²) < 4.78 is 38.8. The predicted molar refractivity (Wildman–Crippen MR) is 240 cm³/mol. The van der Waals surface area contributed by atoms with Crippen LogP contribution in [0.3, 0.4) is 0 Å². The van der Waals surface area contributed by atoms with Gasteiger partial charge < -0.3 is 38.7 Å². The topological polar surface area (TPSA) is 181 Å². The van der Waals surface area contributed by atoms with Gasteiger partial charge in [-0.15, -0.1) is 0 Å². The second kappa shape index (κ2) is 24.5. The number of nitrogens with one attached hydrogen (secondary N) is 3. The number of unbranched alkanes of at least 4 members (excludes halogenated alkanes) is 3. The molecule has 5 rings (SSSR count). The van der Waals surface area contributed by atoms with E-state index in [2.05, 4.69) is 84.3 Å². The summed E-state index contributed by atoms with van der Waals surface area (Å²) in [4.78, 5) is 68.2. The molecule has 63 heavy (non-hydrogen) atoms. The molecule has 2 aromatic carbocycles. The van der Waals surface area contributed by atoms with Crippen LogP contribution in [0.5, 0.6) is 0 Å². The minimum absolute atomic E-state index is 0.00605. The molecule has 2 amide bonds. The number of amides is 2. The molecule has 2 heterocycles. The molecule has 338 valence electrons. The number of nitrogens with zero attached hydrogens (tertiary/aromatic N) is 2. The van der Waals surface area contributed by atoms with E-state index in [1.807, 2.05) is 24.3 Å². The lowest BCUT2D eigenvalue weighted by Crippen LogP contribution is -2.33. The average Bonchev–Trinajstić information content (AvgIpc) is 3.83. The minimum atomic E-state index is -1.45. The summed E-state index contributed by atoms with van der Waals surface area (Å²) in [7, 11) is -1.45. The number of ether oxygens (including phenoxy) is 3. The van der Waals surface area contributed by atoms with Crippen molar-refractivity contribution in [3.8, 4) is 23.0 Å². The van der Waals surface area contributed by atoms with Crippen molar-refractivity contribution in [3.05, 3.63) is 104 Å². The first-order chi connectivity index (χ1) is 30.9. The third kappa shape index (κ3) is 14.1. The van der Waals surface area contributed by atoms with Gasteiger partial charge in [0.05, 0.1) is 25.4 Å². The number of benzene rings is 2. The van der Waals surface area contributed by atoms with Gasteiger partial charge in [0.15, 0.2) is 8.38 Å². The number of hydrogen-bond donors (Lipinski definition) is 3. The summed E-state index contributed by atoms with van der Waals surface area (Å²) in [6.45, 7) is 16.6. The number of H-pyrrole nitrogens is 1. The first kappa shape index (κ1) is 47.2. The molecule has 4 unspecified atom stereocenters. The Balaban J connectivity index is 0.961. The van der Waals surface area contributed by atoms with Crippen LogP contribution in [0.25, 0.3) is 16.0 Å². The Hall–Kier alpha value is -5.31. The van der Waals surface area contributed by atoms with Gasteiger partial charge in [0, 0.05) is 45.0 Å². The summed E-state index contributed by atoms with van der Waals surface area (Å²) in [6.07, 6.45) is 1.75. The lowest BCUT2D eigenvalue weighted by atomic mass is 9.98. The van der Waals surface area contributed by atoms with Crippen LogP contribution in [0.1, 0.15) is 110 Å². The molecule has 0 radical (unpaired) electrons. The van der Waals surface area contributed by atoms with Crippen LogP contribution >= 0.6 is 8.38 Å². The van der Waals surface area contributed by atoms with Crippen molar-refractivity contribution in [2.24, 2.45) is 11.8 Å². The van der Waals surface area contributed by atoms with Crippen LogP contribution in [0.15, 0.2) is 64.3 Å². The maximum absolute atomic E-state index is 12.9. The zero-order chi connectivity index (χ0) is 46.0. The van der Waals surface area contributed by atoms with Crippen molar-refractivity contribution in [2.75, 3.05) is 39.5 Å². The van der Waals surface area contributed by atoms with Gasteiger partial charge in [-0.2, -0.15) is 0 Å². The smallest absolute Gasteiger partial charge is 0.434 e. The average molecular weight is 887 g/mol. The van der Waals surface area contributed by atoms with E-state index in [9.17, 15) is 24.0 Å². The zero-order valence-corrected chi connectivity index (χ0v) is 37.5. The minimum Gasteiger partial charge on any atom is -0.434 e. The van der Waals surface area contributed by atoms with Crippen molar-refractivity contribution in [2.45, 2.75) is 110 Å². The SMILES string of the molecule is [2H]CC1OC(n2cc(C#CCNC(=O)CCC(=O)NCCCCCCOC(=O)OCC3c4ccccc4-c4ccccc43)c(=O)[nH]c2=O)CC1OP(OCC[N+]#[C-])C(C(C)C)C(C)C. The molecule has 16 heteroatoms. The van der Waals surface area contributed by atoms with Crippen LogP contribution < -0.4 is 21.9 Å². The van der Waals surface area contributed by atoms with Crippen LogP contribution in [-0.2, 0) is 32.8 Å². The molecule has 1 fully saturated rings. The Kier molecular flexibility index (Phi) is 18.4. The Morgan fingerprint density at radius 3 is 2.29 bits per heavy atom. The molecule has 0 bridgehead atoms. The van der Waals surface area contributed by atoms with Gasteiger partial charge in [0.2, 0.25) is 18.4 Å². The molecule has 2 aliphatic rings. The van der Waals surface area contributed by atoms with Crippen LogP contribution in [0.2, 0.25) is 0 Å². The summed E-state index contributed by atoms with van der Waals surface area (Å²) in [6, 6.07) is 16.3. The number of fused-ring (bicyclic) bond motifs is 3. The molecule has 1 aromatic heterocycles. The highest BCUT2D eigenvalue weighted by Crippen LogP contribution is 2.53. The molecular formula is C47H60N5O10P. The van der Waals surface area contributed by atoms with Gasteiger partial charge >= 0.3 is 11.8 Å². The largest absolute Gasteiger partial charge is 0.508 e. The first-order valence-corrected chi connectivity index (χ1v) is 22.9. The van der Waals surface area contributed by atoms with E-state index in [4.69, 9.17) is 31.2 Å². The highest BCUT2D eigenvalue weighted by Gasteiger charge is 2.40. The van der Waals surface area contributed by atoms with Crippen LogP contribution in [-0.4, -0.2) is 84.8 Å². The number of carbonyl (C=O) groups excluding carboxylic acids is 3. The fourth-order valence-corrected chi connectivity index (χ4v) is 9.91. The number of rotatable bonds is 22. The standard InChI is InChI=1S/C47H60N5O10P/c1-31(2)44(32(3)4)63(60-27-25-48-6)62-40-28-43(61-33(40)5)52-29-34(45(55)51-46(52)56)16-15-24-50-42(54)22-21-41(53)49-23-13-7-8-14-26-58-47(57)59-30-39-37-19-11-9-17-35(37)36-18-10-12-20-38(36)39/h9-12,17-20,29,31-33,39-40,43-44H,7-8,13-14,21-28,30H2,1-5H3,(H,49,53)(H,50,54)(H,51,55,56)/i5D. The van der Waals surface area contributed by atoms with Crippen LogP contribution in [0.4, 0.5) is 4.79 Å². The number of carbonyl (C=O) groups is 3. The molecule has 3 aromatic rings. The van der Waals surface area contributed by atoms with E-state index in [-0.39, 0.29) is 99.9 Å². The van der Waals surface area contributed by atoms with Crippen molar-refractivity contribution < 1.29 is 39.0 Å². The summed E-state index contributed by atoms with van der Waals surface area (Å²) >= 11 is 0. The normalized spacial score (nSPS) is 17.3. The maximum Gasteiger partial charge on any atom is 0.508 e. The predicted octanol–water partition coefficient (Wildman–Crippen LogP) is 7.05. The van der Waals surface area contributed by atoms with Gasteiger partial charge in [-0.3, -0.25) is 23.9 Å². The Morgan fingerprint density at radius 2 is 1.62 bits per heavy atom. The number of aromatic nitrogens is 2. The van der Waals surface area contributed by atoms with Crippen LogP contribution in [0, 0.1) is 30.2 Å². The van der Waals surface area contributed by atoms with E-state index in [0.717, 1.165) is 41.5 Å². The van der Waals surface area contributed by atoms with E-state index in [0.29, 0.717) is 13.0 Å². The molecule has 15 nitrogen and oxygen atoms in total. The van der Waals surface area contributed by atoms with Crippen molar-refractivity contribution >= 4 is 26.3 Å². The van der Waals surface area contributed by atoms with Gasteiger partial charge in [-0.25, -0.2) is 16.2 Å². The molecule has 1 aliphatic carbocycles. The summed E-state index contributed by atoms with van der Waals surface area (Å²) in [5, 5.41) is 5.43. The Bertz CT molecular complexity index is 2210. The zero-order valence-electron chi connectivity index (χ0n) is 37.6. The molecular weight excluding hydrogens is 826 g/mol. The van der Waals surface area contributed by atoms with E-state index < -0.39 is 44.2 Å². The van der Waals surface area contributed by atoms with E-state index in [1.165, 1.54) is 10.8 Å². The molecule has 0 saturated carbocycles. The third-order valence-electron chi connectivity index (χ3n) is 10.8. The van der Waals surface area contributed by atoms with Crippen molar-refractivity contribution in [1.82, 2.24) is 20.2 Å². The van der Waals surface area contributed by atoms with E-state index >= 15 is 0 Å². The number of hydrogen-bond acceptors (Lipinski definition) is 10. The van der Waals surface area contributed by atoms with Gasteiger partial charge in [0.25, 0.3) is 5.56 Å². The van der Waals surface area contributed by atoms with Crippen molar-refractivity contribution in [1.29, 1.82) is 0 Å². The highest BCUT2D eigenvalue weighted by molar-refractivity contribution is 7.48. The Labute approximate surface area is 372 Å². The lowest BCUT2D eigenvalue weighted by molar-refractivity contribution is -0.126. The molecule has 1 aliphatic heterocycles. The first-order valence-electron chi connectivity index (χ1n) is 22.3. The van der Waals surface area contributed by atoms with Gasteiger partial charge in [-0.1, -0.05) is 94.5 Å². The third-order valence-corrected chi connectivity index (χ3v) is 13.4. The van der Waals surface area contributed by atoms with Gasteiger partial charge in [-0.05, 0) is 60.3 Å². The maximum atomic E-state index is 12.9. The molecule has 0 spiro atoms. The summed E-state index contributed by atoms with van der Waals surface area (Å²) in [5.41, 5.74) is 3.24.